The van der Waals surface area contributed by atoms with Crippen LogP contribution in [0.4, 0.5) is 0 Å². The smallest absolute Gasteiger partial charge is 0.361 e. The fraction of sp³-hybridized carbons (Fsp3) is 0.0385. The largest absolute Gasteiger partial charge is 0.497 e. The minimum absolute atomic E-state index is 0.802. The van der Waals surface area contributed by atoms with E-state index in [1.54, 1.807) is 7.11 Å². The Bertz CT molecular complexity index is 1010. The van der Waals surface area contributed by atoms with Crippen molar-refractivity contribution >= 4 is 12.2 Å². The van der Waals surface area contributed by atoms with Gasteiger partial charge in [0.2, 0.25) is 0 Å². The Hall–Kier alpha value is -3.65. The summed E-state index contributed by atoms with van der Waals surface area (Å²) in [5, 5.41) is 0. The topological polar surface area (TPSA) is 20.5 Å². The van der Waals surface area contributed by atoms with E-state index >= 15 is 0 Å². The molecule has 4 aromatic rings. The lowest BCUT2D eigenvalue weighted by Crippen LogP contribution is -1.85. The summed E-state index contributed by atoms with van der Waals surface area (Å²) in [6, 6.07) is 32.6. The van der Waals surface area contributed by atoms with Gasteiger partial charge in [-0.2, -0.15) is 0 Å². The number of methoxy groups -OCH3 is 1. The van der Waals surface area contributed by atoms with E-state index in [0.29, 0.717) is 0 Å². The molecule has 0 saturated heterocycles. The molecule has 1 aromatic heterocycles. The van der Waals surface area contributed by atoms with E-state index in [2.05, 4.69) is 48.5 Å². The summed E-state index contributed by atoms with van der Waals surface area (Å²) in [6.07, 6.45) is 4.04. The summed E-state index contributed by atoms with van der Waals surface area (Å²) in [5.41, 5.74) is 4.43. The fourth-order valence-corrected chi connectivity index (χ4v) is 3.04. The molecule has 3 aromatic carbocycles. The van der Waals surface area contributed by atoms with Crippen molar-refractivity contribution in [3.8, 4) is 28.2 Å². The first-order valence-corrected chi connectivity index (χ1v) is 9.23. The first kappa shape index (κ1) is 17.7. The first-order valence-electron chi connectivity index (χ1n) is 9.23. The van der Waals surface area contributed by atoms with Crippen molar-refractivity contribution in [2.24, 2.45) is 0 Å². The highest BCUT2D eigenvalue weighted by Crippen LogP contribution is 2.29. The molecular formula is C26H21O2+. The Morgan fingerprint density at radius 1 is 0.643 bits per heavy atom. The molecule has 0 N–H and O–H groups in total. The van der Waals surface area contributed by atoms with Gasteiger partial charge in [-0.05, 0) is 41.5 Å². The van der Waals surface area contributed by atoms with Gasteiger partial charge in [0.1, 0.15) is 5.75 Å². The van der Waals surface area contributed by atoms with Gasteiger partial charge in [-0.1, -0.05) is 60.7 Å². The number of hydrogen-bond acceptors (Lipinski definition) is 1. The first-order chi connectivity index (χ1) is 13.8. The Morgan fingerprint density at radius 2 is 1.29 bits per heavy atom. The van der Waals surface area contributed by atoms with E-state index in [1.807, 2.05) is 60.7 Å². The van der Waals surface area contributed by atoms with Crippen LogP contribution in [-0.2, 0) is 0 Å². The maximum Gasteiger partial charge on any atom is 0.361 e. The van der Waals surface area contributed by atoms with E-state index in [1.165, 1.54) is 0 Å². The van der Waals surface area contributed by atoms with Gasteiger partial charge in [0.15, 0.2) is 0 Å². The molecule has 2 heteroatoms. The van der Waals surface area contributed by atoms with E-state index in [4.69, 9.17) is 9.15 Å². The van der Waals surface area contributed by atoms with Gasteiger partial charge in [-0.25, -0.2) is 4.42 Å². The molecule has 0 aliphatic rings. The molecule has 0 radical (unpaired) electrons. The van der Waals surface area contributed by atoms with Crippen molar-refractivity contribution in [3.63, 3.8) is 0 Å². The molecule has 0 aliphatic heterocycles. The molecule has 0 unspecified atom stereocenters. The molecule has 0 saturated carbocycles. The average Bonchev–Trinajstić information content (AvgIpc) is 2.79. The van der Waals surface area contributed by atoms with E-state index < -0.39 is 0 Å². The molecule has 136 valence electrons. The second-order valence-corrected chi connectivity index (χ2v) is 6.45. The molecular weight excluding hydrogens is 344 g/mol. The molecule has 4 rings (SSSR count). The van der Waals surface area contributed by atoms with Crippen LogP contribution < -0.4 is 4.74 Å². The van der Waals surface area contributed by atoms with Crippen LogP contribution in [0.1, 0.15) is 11.3 Å². The standard InChI is InChI=1S/C26H21O2/c1-27-24-15-12-20(13-16-24)14-17-25-18-23(21-8-4-2-5-9-21)19-26(28-25)22-10-6-3-7-11-22/h2-19H,1H3/q+1/b17-14+. The monoisotopic (exact) mass is 365 g/mol. The molecule has 0 aliphatic carbocycles. The van der Waals surface area contributed by atoms with Gasteiger partial charge in [0.05, 0.1) is 24.8 Å². The minimum atomic E-state index is 0.802. The van der Waals surface area contributed by atoms with E-state index in [9.17, 15) is 0 Å². The predicted octanol–water partition coefficient (Wildman–Crippen LogP) is 7.07. The fourth-order valence-electron chi connectivity index (χ4n) is 3.04. The zero-order valence-electron chi connectivity index (χ0n) is 15.7. The van der Waals surface area contributed by atoms with Crippen LogP contribution in [-0.4, -0.2) is 7.11 Å². The van der Waals surface area contributed by atoms with E-state index in [-0.39, 0.29) is 0 Å². The number of ether oxygens (including phenoxy) is 1. The third-order valence-corrected chi connectivity index (χ3v) is 4.53. The average molecular weight is 365 g/mol. The molecule has 28 heavy (non-hydrogen) atoms. The maximum atomic E-state index is 6.18. The highest BCUT2D eigenvalue weighted by Gasteiger charge is 2.17. The summed E-state index contributed by atoms with van der Waals surface area (Å²) in [5.74, 6) is 2.49. The summed E-state index contributed by atoms with van der Waals surface area (Å²) in [4.78, 5) is 0. The normalized spacial score (nSPS) is 10.9. The Kier molecular flexibility index (Phi) is 5.30. The van der Waals surface area contributed by atoms with E-state index in [0.717, 1.165) is 39.5 Å². The van der Waals surface area contributed by atoms with Gasteiger partial charge in [-0.15, -0.1) is 0 Å². The van der Waals surface area contributed by atoms with Crippen LogP contribution in [0, 0.1) is 0 Å². The zero-order valence-corrected chi connectivity index (χ0v) is 15.7. The molecule has 0 fully saturated rings. The molecule has 0 atom stereocenters. The second-order valence-electron chi connectivity index (χ2n) is 6.45. The molecule has 1 heterocycles. The van der Waals surface area contributed by atoms with Crippen LogP contribution in [0.15, 0.2) is 101 Å². The van der Waals surface area contributed by atoms with Crippen LogP contribution >= 0.6 is 0 Å². The van der Waals surface area contributed by atoms with Gasteiger partial charge in [0.25, 0.3) is 0 Å². The Labute approximate surface area is 165 Å². The lowest BCUT2D eigenvalue weighted by molar-refractivity contribution is 0.415. The van der Waals surface area contributed by atoms with Crippen molar-refractivity contribution in [2.45, 2.75) is 0 Å². The number of hydrogen-bond donors (Lipinski definition) is 0. The predicted molar refractivity (Wildman–Crippen MR) is 116 cm³/mol. The highest BCUT2D eigenvalue weighted by molar-refractivity contribution is 5.74. The van der Waals surface area contributed by atoms with Gasteiger partial charge >= 0.3 is 11.5 Å². The number of benzene rings is 3. The van der Waals surface area contributed by atoms with Crippen molar-refractivity contribution in [2.75, 3.05) is 7.11 Å². The van der Waals surface area contributed by atoms with Crippen LogP contribution in [0.25, 0.3) is 34.6 Å². The third-order valence-electron chi connectivity index (χ3n) is 4.53. The quantitative estimate of drug-likeness (QED) is 0.352. The summed E-state index contributed by atoms with van der Waals surface area (Å²) < 4.78 is 11.4. The van der Waals surface area contributed by atoms with Crippen LogP contribution in [0.5, 0.6) is 5.75 Å². The highest BCUT2D eigenvalue weighted by atomic mass is 16.5. The lowest BCUT2D eigenvalue weighted by atomic mass is 10.0. The van der Waals surface area contributed by atoms with Gasteiger partial charge < -0.3 is 4.74 Å². The third kappa shape index (κ3) is 4.18. The summed E-state index contributed by atoms with van der Waals surface area (Å²) in [6.45, 7) is 0. The Morgan fingerprint density at radius 3 is 1.93 bits per heavy atom. The lowest BCUT2D eigenvalue weighted by Gasteiger charge is -2.01. The SMILES string of the molecule is COc1ccc(/C=C/c2cc(-c3ccccc3)cc(-c3ccccc3)[o+]2)cc1. The maximum absolute atomic E-state index is 6.18. The molecule has 0 spiro atoms. The van der Waals surface area contributed by atoms with Crippen molar-refractivity contribution in [3.05, 3.63) is 108 Å². The van der Waals surface area contributed by atoms with Crippen molar-refractivity contribution in [1.29, 1.82) is 0 Å². The minimum Gasteiger partial charge on any atom is -0.497 e. The number of rotatable bonds is 5. The zero-order chi connectivity index (χ0) is 19.2. The molecule has 0 amide bonds. The van der Waals surface area contributed by atoms with Crippen LogP contribution in [0.2, 0.25) is 0 Å². The second kappa shape index (κ2) is 8.36. The summed E-state index contributed by atoms with van der Waals surface area (Å²) >= 11 is 0. The van der Waals surface area contributed by atoms with Crippen molar-refractivity contribution in [1.82, 2.24) is 0 Å². The molecule has 0 bridgehead atoms. The Balaban J connectivity index is 1.74. The van der Waals surface area contributed by atoms with Crippen molar-refractivity contribution < 1.29 is 9.15 Å². The van der Waals surface area contributed by atoms with Gasteiger partial charge in [0, 0.05) is 11.6 Å². The molecule has 2 nitrogen and oxygen atoms in total. The summed E-state index contributed by atoms with van der Waals surface area (Å²) in [7, 11) is 1.67. The van der Waals surface area contributed by atoms with Crippen LogP contribution in [0.3, 0.4) is 0 Å². The van der Waals surface area contributed by atoms with Gasteiger partial charge in [-0.3, -0.25) is 0 Å².